The Labute approximate surface area is 80.4 Å². The van der Waals surface area contributed by atoms with Gasteiger partial charge in [0.15, 0.2) is 5.58 Å². The zero-order valence-electron chi connectivity index (χ0n) is 7.90. The Morgan fingerprint density at radius 1 is 1.50 bits per heavy atom. The van der Waals surface area contributed by atoms with Crippen LogP contribution >= 0.6 is 0 Å². The minimum absolute atomic E-state index is 0.519. The average Bonchev–Trinajstić information content (AvgIpc) is 2.59. The number of hydrogen-bond acceptors (Lipinski definition) is 4. The van der Waals surface area contributed by atoms with E-state index in [1.807, 2.05) is 6.92 Å². The van der Waals surface area contributed by atoms with E-state index < -0.39 is 0 Å². The Kier molecular flexibility index (Phi) is 1.96. The van der Waals surface area contributed by atoms with Crippen LogP contribution < -0.4 is 4.74 Å². The Morgan fingerprint density at radius 2 is 2.29 bits per heavy atom. The van der Waals surface area contributed by atoms with Crippen LogP contribution in [0, 0.1) is 6.92 Å². The van der Waals surface area contributed by atoms with E-state index in [2.05, 4.69) is 5.16 Å². The van der Waals surface area contributed by atoms with Gasteiger partial charge in [-0.2, -0.15) is 0 Å². The third kappa shape index (κ3) is 1.16. The first-order valence-corrected chi connectivity index (χ1v) is 4.15. The number of nitrogens with zero attached hydrogens (tertiary/aromatic N) is 1. The number of rotatable bonds is 2. The predicted octanol–water partition coefficient (Wildman–Crippen LogP) is 1.96. The van der Waals surface area contributed by atoms with E-state index in [9.17, 15) is 4.79 Å². The molecule has 72 valence electrons. The maximum atomic E-state index is 10.6. The number of aromatic nitrogens is 1. The number of ether oxygens (including phenoxy) is 1. The van der Waals surface area contributed by atoms with Gasteiger partial charge < -0.3 is 9.26 Å². The molecule has 0 aliphatic carbocycles. The fourth-order valence-electron chi connectivity index (χ4n) is 1.43. The molecule has 0 saturated carbocycles. The van der Waals surface area contributed by atoms with Crippen LogP contribution in [0.3, 0.4) is 0 Å². The summed E-state index contributed by atoms with van der Waals surface area (Å²) >= 11 is 0. The lowest BCUT2D eigenvalue weighted by molar-refractivity contribution is 0.112. The van der Waals surface area contributed by atoms with E-state index in [1.165, 1.54) is 0 Å². The van der Waals surface area contributed by atoms with Crippen molar-refractivity contribution in [1.82, 2.24) is 5.16 Å². The fourth-order valence-corrected chi connectivity index (χ4v) is 1.43. The predicted molar refractivity (Wildman–Crippen MR) is 50.7 cm³/mol. The van der Waals surface area contributed by atoms with Crippen LogP contribution in [0.15, 0.2) is 16.7 Å². The van der Waals surface area contributed by atoms with Gasteiger partial charge in [-0.15, -0.1) is 0 Å². The van der Waals surface area contributed by atoms with Gasteiger partial charge in [0.1, 0.15) is 12.0 Å². The molecule has 0 fully saturated rings. The average molecular weight is 191 g/mol. The van der Waals surface area contributed by atoms with Crippen LogP contribution in [0.5, 0.6) is 5.75 Å². The SMILES string of the molecule is COc1cc(C=O)cc2onc(C)c12. The number of carbonyl (C=O) groups excluding carboxylic acids is 1. The minimum atomic E-state index is 0.519. The number of benzene rings is 1. The second-order valence-electron chi connectivity index (χ2n) is 2.98. The quantitative estimate of drug-likeness (QED) is 0.681. The maximum absolute atomic E-state index is 10.6. The topological polar surface area (TPSA) is 52.3 Å². The molecule has 2 aromatic rings. The summed E-state index contributed by atoms with van der Waals surface area (Å²) in [6, 6.07) is 3.31. The summed E-state index contributed by atoms with van der Waals surface area (Å²) in [5, 5.41) is 4.63. The lowest BCUT2D eigenvalue weighted by Crippen LogP contribution is -1.87. The van der Waals surface area contributed by atoms with Gasteiger partial charge in [-0.05, 0) is 19.1 Å². The monoisotopic (exact) mass is 191 g/mol. The molecule has 2 rings (SSSR count). The molecule has 4 nitrogen and oxygen atoms in total. The van der Waals surface area contributed by atoms with Gasteiger partial charge in [0.25, 0.3) is 0 Å². The van der Waals surface area contributed by atoms with Crippen molar-refractivity contribution in [3.63, 3.8) is 0 Å². The Balaban J connectivity index is 2.82. The smallest absolute Gasteiger partial charge is 0.171 e. The van der Waals surface area contributed by atoms with Crippen LogP contribution in [0.4, 0.5) is 0 Å². The summed E-state index contributed by atoms with van der Waals surface area (Å²) in [6.45, 7) is 1.83. The lowest BCUT2D eigenvalue weighted by Gasteiger charge is -2.01. The molecule has 1 aromatic heterocycles. The van der Waals surface area contributed by atoms with Crippen molar-refractivity contribution in [2.24, 2.45) is 0 Å². The standard InChI is InChI=1S/C10H9NO3/c1-6-10-8(13-2)3-7(5-12)4-9(10)14-11-6/h3-5H,1-2H3. The second-order valence-corrected chi connectivity index (χ2v) is 2.98. The van der Waals surface area contributed by atoms with Gasteiger partial charge in [-0.3, -0.25) is 4.79 Å². The van der Waals surface area contributed by atoms with E-state index in [4.69, 9.17) is 9.26 Å². The normalized spacial score (nSPS) is 10.4. The molecule has 14 heavy (non-hydrogen) atoms. The van der Waals surface area contributed by atoms with Gasteiger partial charge in [-0.25, -0.2) is 0 Å². The molecule has 1 aromatic carbocycles. The summed E-state index contributed by atoms with van der Waals surface area (Å²) in [5.74, 6) is 0.614. The molecule has 0 aliphatic rings. The first-order valence-electron chi connectivity index (χ1n) is 4.15. The van der Waals surface area contributed by atoms with Crippen molar-refractivity contribution >= 4 is 17.3 Å². The molecule has 0 radical (unpaired) electrons. The first-order chi connectivity index (χ1) is 6.76. The van der Waals surface area contributed by atoms with E-state index in [1.54, 1.807) is 19.2 Å². The van der Waals surface area contributed by atoms with E-state index in [0.29, 0.717) is 16.9 Å². The Morgan fingerprint density at radius 3 is 2.93 bits per heavy atom. The molecule has 4 heteroatoms. The molecule has 0 spiro atoms. The third-order valence-corrected chi connectivity index (χ3v) is 2.09. The van der Waals surface area contributed by atoms with Crippen LogP contribution in [0.2, 0.25) is 0 Å². The number of carbonyl (C=O) groups is 1. The molecular formula is C10H9NO3. The summed E-state index contributed by atoms with van der Waals surface area (Å²) in [6.07, 6.45) is 0.750. The number of hydrogen-bond donors (Lipinski definition) is 0. The highest BCUT2D eigenvalue weighted by Crippen LogP contribution is 2.29. The lowest BCUT2D eigenvalue weighted by atomic mass is 10.1. The van der Waals surface area contributed by atoms with Crippen LogP contribution in [-0.4, -0.2) is 18.6 Å². The van der Waals surface area contributed by atoms with Gasteiger partial charge in [0.2, 0.25) is 0 Å². The van der Waals surface area contributed by atoms with Crippen molar-refractivity contribution in [2.75, 3.05) is 7.11 Å². The number of fused-ring (bicyclic) bond motifs is 1. The molecule has 0 N–H and O–H groups in total. The van der Waals surface area contributed by atoms with Gasteiger partial charge in [0.05, 0.1) is 18.2 Å². The molecule has 0 bridgehead atoms. The highest BCUT2D eigenvalue weighted by molar-refractivity contribution is 5.91. The van der Waals surface area contributed by atoms with E-state index >= 15 is 0 Å². The largest absolute Gasteiger partial charge is 0.496 e. The minimum Gasteiger partial charge on any atom is -0.496 e. The zero-order chi connectivity index (χ0) is 10.1. The number of methoxy groups -OCH3 is 1. The summed E-state index contributed by atoms with van der Waals surface area (Å²) in [7, 11) is 1.55. The molecular weight excluding hydrogens is 182 g/mol. The molecule has 0 amide bonds. The number of aldehydes is 1. The summed E-state index contributed by atoms with van der Waals surface area (Å²) < 4.78 is 10.2. The van der Waals surface area contributed by atoms with Crippen molar-refractivity contribution in [3.8, 4) is 5.75 Å². The second kappa shape index (κ2) is 3.14. The summed E-state index contributed by atoms with van der Waals surface area (Å²) in [4.78, 5) is 10.6. The van der Waals surface area contributed by atoms with Crippen molar-refractivity contribution in [2.45, 2.75) is 6.92 Å². The van der Waals surface area contributed by atoms with Crippen molar-refractivity contribution < 1.29 is 14.1 Å². The zero-order valence-corrected chi connectivity index (χ0v) is 7.90. The fraction of sp³-hybridized carbons (Fsp3) is 0.200. The van der Waals surface area contributed by atoms with E-state index in [-0.39, 0.29) is 0 Å². The molecule has 0 unspecified atom stereocenters. The van der Waals surface area contributed by atoms with Crippen molar-refractivity contribution in [1.29, 1.82) is 0 Å². The van der Waals surface area contributed by atoms with Crippen molar-refractivity contribution in [3.05, 3.63) is 23.4 Å². The molecule has 0 atom stereocenters. The maximum Gasteiger partial charge on any atom is 0.171 e. The van der Waals surface area contributed by atoms with E-state index in [0.717, 1.165) is 17.4 Å². The van der Waals surface area contributed by atoms with Gasteiger partial charge >= 0.3 is 0 Å². The van der Waals surface area contributed by atoms with Crippen LogP contribution in [-0.2, 0) is 0 Å². The van der Waals surface area contributed by atoms with Gasteiger partial charge in [-0.1, -0.05) is 5.16 Å². The highest BCUT2D eigenvalue weighted by atomic mass is 16.5. The Hall–Kier alpha value is -1.84. The molecule has 0 aliphatic heterocycles. The number of aryl methyl sites for hydroxylation is 1. The first kappa shape index (κ1) is 8.74. The summed E-state index contributed by atoms with van der Waals surface area (Å²) in [5.41, 5.74) is 1.85. The highest BCUT2D eigenvalue weighted by Gasteiger charge is 2.11. The van der Waals surface area contributed by atoms with Crippen LogP contribution in [0.25, 0.3) is 11.0 Å². The molecule has 0 saturated heterocycles. The third-order valence-electron chi connectivity index (χ3n) is 2.09. The Bertz CT molecular complexity index is 487. The molecule has 1 heterocycles. The van der Waals surface area contributed by atoms with Gasteiger partial charge in [0, 0.05) is 5.56 Å². The van der Waals surface area contributed by atoms with Crippen LogP contribution in [0.1, 0.15) is 16.1 Å².